The largest absolute Gasteiger partial charge is 0.127 e. The number of rotatable bonds is 3. The summed E-state index contributed by atoms with van der Waals surface area (Å²) in [4.78, 5) is 0. The van der Waals surface area contributed by atoms with Gasteiger partial charge in [-0.3, -0.25) is 0 Å². The van der Waals surface area contributed by atoms with Crippen molar-refractivity contribution in [2.45, 2.75) is 83.5 Å². The van der Waals surface area contributed by atoms with E-state index < -0.39 is 0 Å². The molecule has 0 N–H and O–H groups in total. The van der Waals surface area contributed by atoms with Crippen molar-refractivity contribution in [1.29, 1.82) is 0 Å². The van der Waals surface area contributed by atoms with Gasteiger partial charge in [0.1, 0.15) is 0 Å². The second-order valence-corrected chi connectivity index (χ2v) is 6.78. The van der Waals surface area contributed by atoms with Crippen molar-refractivity contribution >= 4 is 11.6 Å². The Labute approximate surface area is 113 Å². The van der Waals surface area contributed by atoms with Crippen LogP contribution in [0.1, 0.15) is 83.5 Å². The van der Waals surface area contributed by atoms with E-state index in [1.807, 2.05) is 0 Å². The second-order valence-electron chi connectivity index (χ2n) is 6.40. The summed E-state index contributed by atoms with van der Waals surface area (Å²) in [5, 5.41) is 0. The fraction of sp³-hybridized carbons (Fsp3) is 1.00. The van der Waals surface area contributed by atoms with Crippen LogP contribution in [0.4, 0.5) is 0 Å². The molecule has 0 unspecified atom stereocenters. The van der Waals surface area contributed by atoms with E-state index in [4.69, 9.17) is 11.6 Å². The standard InChI is InChI=1S/C16H29Cl/c17-14-13-16(11-7-3-4-8-12-16)15-9-5-1-2-6-10-15/h15H,1-14H2. The Hall–Kier alpha value is 0.290. The summed E-state index contributed by atoms with van der Waals surface area (Å²) >= 11 is 6.14. The first-order valence-electron chi connectivity index (χ1n) is 7.93. The highest BCUT2D eigenvalue weighted by atomic mass is 35.5. The average Bonchev–Trinajstić information content (AvgIpc) is 2.72. The normalized spacial score (nSPS) is 27.4. The van der Waals surface area contributed by atoms with E-state index in [1.165, 1.54) is 83.5 Å². The Bertz CT molecular complexity index is 196. The van der Waals surface area contributed by atoms with E-state index in [0.717, 1.165) is 11.8 Å². The van der Waals surface area contributed by atoms with Crippen molar-refractivity contribution in [1.82, 2.24) is 0 Å². The van der Waals surface area contributed by atoms with E-state index in [0.29, 0.717) is 5.41 Å². The molecule has 0 nitrogen and oxygen atoms in total. The quantitative estimate of drug-likeness (QED) is 0.434. The van der Waals surface area contributed by atoms with Crippen molar-refractivity contribution in [3.05, 3.63) is 0 Å². The van der Waals surface area contributed by atoms with Gasteiger partial charge < -0.3 is 0 Å². The number of hydrogen-bond donors (Lipinski definition) is 0. The molecule has 0 aromatic heterocycles. The van der Waals surface area contributed by atoms with Crippen LogP contribution in [0, 0.1) is 11.3 Å². The maximum Gasteiger partial charge on any atom is 0.0228 e. The van der Waals surface area contributed by atoms with Crippen LogP contribution in [0.5, 0.6) is 0 Å². The monoisotopic (exact) mass is 256 g/mol. The molecule has 0 bridgehead atoms. The first-order valence-corrected chi connectivity index (χ1v) is 8.47. The lowest BCUT2D eigenvalue weighted by molar-refractivity contribution is 0.110. The van der Waals surface area contributed by atoms with E-state index in [1.54, 1.807) is 0 Å². The lowest BCUT2D eigenvalue weighted by Gasteiger charge is -2.40. The molecule has 2 saturated carbocycles. The van der Waals surface area contributed by atoms with Crippen LogP contribution in [0.15, 0.2) is 0 Å². The highest BCUT2D eigenvalue weighted by Gasteiger charge is 2.37. The molecule has 0 aromatic rings. The molecular formula is C16H29Cl. The molecular weight excluding hydrogens is 228 g/mol. The molecule has 2 fully saturated rings. The van der Waals surface area contributed by atoms with Crippen molar-refractivity contribution < 1.29 is 0 Å². The molecule has 2 aliphatic rings. The van der Waals surface area contributed by atoms with Crippen LogP contribution in [-0.4, -0.2) is 5.88 Å². The lowest BCUT2D eigenvalue weighted by atomic mass is 9.65. The van der Waals surface area contributed by atoms with Crippen molar-refractivity contribution in [3.63, 3.8) is 0 Å². The Morgan fingerprint density at radius 3 is 1.82 bits per heavy atom. The SMILES string of the molecule is ClCCC1(C2CCCCCC2)CCCCCC1. The van der Waals surface area contributed by atoms with E-state index >= 15 is 0 Å². The van der Waals surface area contributed by atoms with Gasteiger partial charge in [-0.1, -0.05) is 51.4 Å². The Morgan fingerprint density at radius 1 is 0.765 bits per heavy atom. The van der Waals surface area contributed by atoms with Gasteiger partial charge in [0, 0.05) is 5.88 Å². The first kappa shape index (κ1) is 13.7. The van der Waals surface area contributed by atoms with Crippen LogP contribution in [0.25, 0.3) is 0 Å². The summed E-state index contributed by atoms with van der Waals surface area (Å²) in [7, 11) is 0. The smallest absolute Gasteiger partial charge is 0.0228 e. The zero-order chi connectivity index (χ0) is 12.0. The minimum atomic E-state index is 0.641. The molecule has 0 spiro atoms. The molecule has 2 aliphatic carbocycles. The third-order valence-corrected chi connectivity index (χ3v) is 5.60. The molecule has 2 rings (SSSR count). The molecule has 0 aliphatic heterocycles. The molecule has 1 heteroatoms. The molecule has 17 heavy (non-hydrogen) atoms. The van der Waals surface area contributed by atoms with Gasteiger partial charge in [-0.2, -0.15) is 0 Å². The average molecular weight is 257 g/mol. The van der Waals surface area contributed by atoms with Crippen molar-refractivity contribution in [3.8, 4) is 0 Å². The number of hydrogen-bond acceptors (Lipinski definition) is 0. The van der Waals surface area contributed by atoms with Gasteiger partial charge in [-0.05, 0) is 43.4 Å². The lowest BCUT2D eigenvalue weighted by Crippen LogP contribution is -2.30. The molecule has 0 saturated heterocycles. The third kappa shape index (κ3) is 3.63. The molecule has 0 radical (unpaired) electrons. The van der Waals surface area contributed by atoms with E-state index in [9.17, 15) is 0 Å². The van der Waals surface area contributed by atoms with Crippen LogP contribution >= 0.6 is 11.6 Å². The van der Waals surface area contributed by atoms with Crippen LogP contribution in [-0.2, 0) is 0 Å². The zero-order valence-electron chi connectivity index (χ0n) is 11.4. The van der Waals surface area contributed by atoms with Gasteiger partial charge in [0.15, 0.2) is 0 Å². The third-order valence-electron chi connectivity index (χ3n) is 5.41. The summed E-state index contributed by atoms with van der Waals surface area (Å²) in [5.74, 6) is 1.89. The fourth-order valence-corrected chi connectivity index (χ4v) is 4.75. The highest BCUT2D eigenvalue weighted by molar-refractivity contribution is 6.17. The Morgan fingerprint density at radius 2 is 1.29 bits per heavy atom. The topological polar surface area (TPSA) is 0 Å². The minimum Gasteiger partial charge on any atom is -0.127 e. The summed E-state index contributed by atoms with van der Waals surface area (Å²) in [6.45, 7) is 0. The molecule has 0 heterocycles. The number of alkyl halides is 1. The predicted octanol–water partition coefficient (Wildman–Crippen LogP) is 5.93. The predicted molar refractivity (Wildman–Crippen MR) is 76.7 cm³/mol. The van der Waals surface area contributed by atoms with Crippen LogP contribution in [0.2, 0.25) is 0 Å². The second kappa shape index (κ2) is 7.02. The zero-order valence-corrected chi connectivity index (χ0v) is 12.1. The summed E-state index contributed by atoms with van der Waals surface area (Å²) in [5.41, 5.74) is 0.641. The van der Waals surface area contributed by atoms with Crippen molar-refractivity contribution in [2.24, 2.45) is 11.3 Å². The summed E-state index contributed by atoms with van der Waals surface area (Å²) in [6, 6.07) is 0. The maximum atomic E-state index is 6.14. The van der Waals surface area contributed by atoms with Gasteiger partial charge >= 0.3 is 0 Å². The highest BCUT2D eigenvalue weighted by Crippen LogP contribution is 2.49. The van der Waals surface area contributed by atoms with Gasteiger partial charge in [0.25, 0.3) is 0 Å². The molecule has 0 aromatic carbocycles. The Balaban J connectivity index is 2.06. The fourth-order valence-electron chi connectivity index (χ4n) is 4.37. The molecule has 0 atom stereocenters. The van der Waals surface area contributed by atoms with Crippen LogP contribution < -0.4 is 0 Å². The first-order chi connectivity index (χ1) is 8.37. The van der Waals surface area contributed by atoms with Gasteiger partial charge in [0.2, 0.25) is 0 Å². The minimum absolute atomic E-state index is 0.641. The van der Waals surface area contributed by atoms with E-state index in [-0.39, 0.29) is 0 Å². The maximum absolute atomic E-state index is 6.14. The van der Waals surface area contributed by atoms with E-state index in [2.05, 4.69) is 0 Å². The summed E-state index contributed by atoms with van der Waals surface area (Å²) in [6.07, 6.45) is 19.0. The van der Waals surface area contributed by atoms with Crippen LogP contribution in [0.3, 0.4) is 0 Å². The van der Waals surface area contributed by atoms with Gasteiger partial charge in [0.05, 0.1) is 0 Å². The number of halogens is 1. The van der Waals surface area contributed by atoms with Gasteiger partial charge in [-0.25, -0.2) is 0 Å². The molecule has 0 amide bonds. The molecule has 100 valence electrons. The summed E-state index contributed by atoms with van der Waals surface area (Å²) < 4.78 is 0. The van der Waals surface area contributed by atoms with Crippen molar-refractivity contribution in [2.75, 3.05) is 5.88 Å². The van der Waals surface area contributed by atoms with Gasteiger partial charge in [-0.15, -0.1) is 11.6 Å². The Kier molecular flexibility index (Phi) is 5.66.